The minimum absolute atomic E-state index is 0.0747. The van der Waals surface area contributed by atoms with Gasteiger partial charge in [0.15, 0.2) is 0 Å². The lowest BCUT2D eigenvalue weighted by Crippen LogP contribution is -2.25. The SMILES string of the molecule is CCCCCc1ccc(C#CC2CCC([C@H]3CC[C@H](CC)CC3)CC2)cc1F. The summed E-state index contributed by atoms with van der Waals surface area (Å²) in [5.74, 6) is 10.1. The Balaban J connectivity index is 1.46. The van der Waals surface area contributed by atoms with Crippen molar-refractivity contribution in [2.75, 3.05) is 0 Å². The fraction of sp³-hybridized carbons (Fsp3) is 0.704. The van der Waals surface area contributed by atoms with Gasteiger partial charge in [-0.2, -0.15) is 0 Å². The highest BCUT2D eigenvalue weighted by Crippen LogP contribution is 2.41. The quantitative estimate of drug-likeness (QED) is 0.346. The van der Waals surface area contributed by atoms with E-state index >= 15 is 0 Å². The molecule has 0 spiro atoms. The molecule has 3 rings (SSSR count). The van der Waals surface area contributed by atoms with Gasteiger partial charge in [0.2, 0.25) is 0 Å². The predicted octanol–water partition coefficient (Wildman–Crippen LogP) is 7.93. The summed E-state index contributed by atoms with van der Waals surface area (Å²) in [6.45, 7) is 4.53. The normalized spacial score (nSPS) is 27.8. The zero-order valence-electron chi connectivity index (χ0n) is 18.1. The van der Waals surface area contributed by atoms with Crippen LogP contribution >= 0.6 is 0 Å². The topological polar surface area (TPSA) is 0 Å². The van der Waals surface area contributed by atoms with Gasteiger partial charge >= 0.3 is 0 Å². The van der Waals surface area contributed by atoms with Crippen LogP contribution in [0.15, 0.2) is 18.2 Å². The van der Waals surface area contributed by atoms with Crippen LogP contribution in [0.2, 0.25) is 0 Å². The van der Waals surface area contributed by atoms with E-state index in [0.29, 0.717) is 5.92 Å². The molecule has 2 saturated carbocycles. The lowest BCUT2D eigenvalue weighted by molar-refractivity contribution is 0.156. The molecule has 2 aliphatic carbocycles. The number of benzene rings is 1. The number of hydrogen-bond donors (Lipinski definition) is 0. The van der Waals surface area contributed by atoms with E-state index < -0.39 is 0 Å². The van der Waals surface area contributed by atoms with E-state index in [1.54, 1.807) is 6.07 Å². The van der Waals surface area contributed by atoms with Crippen LogP contribution < -0.4 is 0 Å². The van der Waals surface area contributed by atoms with Crippen molar-refractivity contribution in [2.24, 2.45) is 23.7 Å². The summed E-state index contributed by atoms with van der Waals surface area (Å²) in [6.07, 6.45) is 16.7. The second-order valence-electron chi connectivity index (χ2n) is 9.33. The van der Waals surface area contributed by atoms with Crippen molar-refractivity contribution in [3.8, 4) is 11.8 Å². The molecule has 0 bridgehead atoms. The first-order valence-corrected chi connectivity index (χ1v) is 12.0. The Kier molecular flexibility index (Phi) is 8.44. The maximum absolute atomic E-state index is 14.3. The van der Waals surface area contributed by atoms with Gasteiger partial charge in [0.05, 0.1) is 0 Å². The van der Waals surface area contributed by atoms with Crippen molar-refractivity contribution >= 4 is 0 Å². The van der Waals surface area contributed by atoms with E-state index in [0.717, 1.165) is 41.7 Å². The van der Waals surface area contributed by atoms with Crippen molar-refractivity contribution in [1.82, 2.24) is 0 Å². The molecule has 0 nitrogen and oxygen atoms in total. The zero-order valence-corrected chi connectivity index (χ0v) is 18.1. The zero-order chi connectivity index (χ0) is 19.8. The standard InChI is InChI=1S/C27H39F/c1-3-5-6-7-26-19-14-23(20-27(26)28)9-8-22-12-17-25(18-13-22)24-15-10-21(4-2)11-16-24/h14,19-22,24-25H,3-7,10-13,15-18H2,1-2H3/t21-,22?,24-,25?. The molecule has 28 heavy (non-hydrogen) atoms. The van der Waals surface area contributed by atoms with Crippen LogP contribution in [0.1, 0.15) is 102 Å². The van der Waals surface area contributed by atoms with Gasteiger partial charge in [-0.1, -0.05) is 63.9 Å². The lowest BCUT2D eigenvalue weighted by atomic mass is 9.69. The molecule has 1 aromatic carbocycles. The van der Waals surface area contributed by atoms with Gasteiger partial charge in [-0.3, -0.25) is 0 Å². The van der Waals surface area contributed by atoms with Crippen molar-refractivity contribution in [3.63, 3.8) is 0 Å². The summed E-state index contributed by atoms with van der Waals surface area (Å²) in [5.41, 5.74) is 1.69. The summed E-state index contributed by atoms with van der Waals surface area (Å²) >= 11 is 0. The highest BCUT2D eigenvalue weighted by Gasteiger charge is 2.29. The smallest absolute Gasteiger partial charge is 0.127 e. The summed E-state index contributed by atoms with van der Waals surface area (Å²) in [4.78, 5) is 0. The molecule has 1 heteroatoms. The van der Waals surface area contributed by atoms with Crippen molar-refractivity contribution in [1.29, 1.82) is 0 Å². The van der Waals surface area contributed by atoms with Crippen molar-refractivity contribution < 1.29 is 4.39 Å². The molecule has 0 aromatic heterocycles. The largest absolute Gasteiger partial charge is 0.207 e. The first-order valence-electron chi connectivity index (χ1n) is 12.0. The Morgan fingerprint density at radius 2 is 1.57 bits per heavy atom. The molecule has 2 fully saturated rings. The maximum atomic E-state index is 14.3. The third kappa shape index (κ3) is 6.10. The van der Waals surface area contributed by atoms with Crippen molar-refractivity contribution in [3.05, 3.63) is 35.1 Å². The number of aryl methyl sites for hydroxylation is 1. The molecule has 2 aliphatic rings. The number of unbranched alkanes of at least 4 members (excludes halogenated alkanes) is 2. The van der Waals surface area contributed by atoms with E-state index in [1.807, 2.05) is 12.1 Å². The van der Waals surface area contributed by atoms with E-state index in [-0.39, 0.29) is 5.82 Å². The molecule has 1 aromatic rings. The van der Waals surface area contributed by atoms with Crippen molar-refractivity contribution in [2.45, 2.75) is 97.3 Å². The summed E-state index contributed by atoms with van der Waals surface area (Å²) in [7, 11) is 0. The minimum atomic E-state index is -0.0747. The molecular weight excluding hydrogens is 343 g/mol. The Labute approximate surface area is 172 Å². The highest BCUT2D eigenvalue weighted by molar-refractivity contribution is 5.37. The van der Waals surface area contributed by atoms with Gasteiger partial charge < -0.3 is 0 Å². The molecule has 0 amide bonds. The Bertz CT molecular complexity index is 649. The molecular formula is C27H39F. The molecule has 0 radical (unpaired) electrons. The molecule has 0 saturated heterocycles. The van der Waals surface area contributed by atoms with Crippen LogP contribution in [0.25, 0.3) is 0 Å². The second-order valence-corrected chi connectivity index (χ2v) is 9.33. The Morgan fingerprint density at radius 3 is 2.18 bits per heavy atom. The fourth-order valence-corrected chi connectivity index (χ4v) is 5.38. The van der Waals surface area contributed by atoms with Crippen LogP contribution in [0.4, 0.5) is 4.39 Å². The third-order valence-corrected chi connectivity index (χ3v) is 7.43. The van der Waals surface area contributed by atoms with Crippen LogP contribution in [0, 0.1) is 41.3 Å². The minimum Gasteiger partial charge on any atom is -0.207 e. The van der Waals surface area contributed by atoms with Gasteiger partial charge in [-0.05, 0) is 86.8 Å². The van der Waals surface area contributed by atoms with E-state index in [2.05, 4.69) is 25.7 Å². The molecule has 154 valence electrons. The Morgan fingerprint density at radius 1 is 0.893 bits per heavy atom. The summed E-state index contributed by atoms with van der Waals surface area (Å²) < 4.78 is 14.3. The fourth-order valence-electron chi connectivity index (χ4n) is 5.38. The van der Waals surface area contributed by atoms with Crippen LogP contribution in [-0.2, 0) is 6.42 Å². The maximum Gasteiger partial charge on any atom is 0.127 e. The van der Waals surface area contributed by atoms with E-state index in [4.69, 9.17) is 0 Å². The highest BCUT2D eigenvalue weighted by atomic mass is 19.1. The lowest BCUT2D eigenvalue weighted by Gasteiger charge is -2.36. The molecule has 0 N–H and O–H groups in total. The molecule has 0 heterocycles. The second kappa shape index (κ2) is 11.0. The van der Waals surface area contributed by atoms with Crippen LogP contribution in [-0.4, -0.2) is 0 Å². The third-order valence-electron chi connectivity index (χ3n) is 7.43. The van der Waals surface area contributed by atoms with Crippen LogP contribution in [0.3, 0.4) is 0 Å². The molecule has 0 unspecified atom stereocenters. The van der Waals surface area contributed by atoms with Gasteiger partial charge in [0.25, 0.3) is 0 Å². The first kappa shape index (κ1) is 21.4. The first-order chi connectivity index (χ1) is 13.7. The van der Waals surface area contributed by atoms with Gasteiger partial charge in [0.1, 0.15) is 5.82 Å². The van der Waals surface area contributed by atoms with E-state index in [1.165, 1.54) is 70.6 Å². The number of halogens is 1. The number of rotatable bonds is 6. The molecule has 0 atom stereocenters. The predicted molar refractivity (Wildman–Crippen MR) is 118 cm³/mol. The van der Waals surface area contributed by atoms with Gasteiger partial charge in [-0.15, -0.1) is 0 Å². The summed E-state index contributed by atoms with van der Waals surface area (Å²) in [5, 5.41) is 0. The van der Waals surface area contributed by atoms with E-state index in [9.17, 15) is 4.39 Å². The monoisotopic (exact) mass is 382 g/mol. The molecule has 0 aliphatic heterocycles. The Hall–Kier alpha value is -1.29. The van der Waals surface area contributed by atoms with Crippen LogP contribution in [0.5, 0.6) is 0 Å². The average Bonchev–Trinajstić information content (AvgIpc) is 2.74. The van der Waals surface area contributed by atoms with Gasteiger partial charge in [0, 0.05) is 11.5 Å². The van der Waals surface area contributed by atoms with Gasteiger partial charge in [-0.25, -0.2) is 4.39 Å². The number of hydrogen-bond acceptors (Lipinski definition) is 0. The average molecular weight is 383 g/mol. The summed E-state index contributed by atoms with van der Waals surface area (Å²) in [6, 6.07) is 5.60.